The van der Waals surface area contributed by atoms with Gasteiger partial charge < -0.3 is 118 Å². The molecule has 27 nitrogen and oxygen atoms in total. The molecule has 0 radical (unpaired) electrons. The molecule has 1 saturated carbocycles. The van der Waals surface area contributed by atoms with Crippen molar-refractivity contribution in [1.29, 1.82) is 0 Å². The van der Waals surface area contributed by atoms with E-state index in [1.54, 1.807) is 0 Å². The van der Waals surface area contributed by atoms with Crippen LogP contribution in [0.2, 0.25) is 0 Å². The molecule has 5 aromatic heterocycles. The van der Waals surface area contributed by atoms with Gasteiger partial charge in [0.05, 0.1) is 0 Å². The van der Waals surface area contributed by atoms with E-state index in [1.165, 1.54) is 35.1 Å². The van der Waals surface area contributed by atoms with Crippen molar-refractivity contribution >= 4 is 84.1 Å². The van der Waals surface area contributed by atoms with Gasteiger partial charge >= 0.3 is 0 Å². The van der Waals surface area contributed by atoms with Crippen LogP contribution in [-0.2, 0) is 0 Å². The minimum atomic E-state index is -0.163. The number of aromatic nitrogens is 5. The van der Waals surface area contributed by atoms with E-state index in [4.69, 9.17) is 66.8 Å². The van der Waals surface area contributed by atoms with E-state index < -0.39 is 0 Å². The van der Waals surface area contributed by atoms with Gasteiger partial charge in [-0.15, -0.1) is 0 Å². The molecule has 1 aliphatic carbocycles. The number of H-pyrrole nitrogens is 5. The Balaban J connectivity index is 0.000000145. The Bertz CT molecular complexity index is 6510. The molecule has 1 fully saturated rings. The summed E-state index contributed by atoms with van der Waals surface area (Å²) in [5.74, 6) is 1.49. The normalized spacial score (nSPS) is 13.8. The molecule has 0 saturated heterocycles. The minimum Gasteiger partial charge on any atom is -0.454 e. The highest BCUT2D eigenvalue weighted by molar-refractivity contribution is 6.03. The van der Waals surface area contributed by atoms with Gasteiger partial charge in [-0.25, -0.2) is 0 Å². The van der Waals surface area contributed by atoms with Crippen LogP contribution in [0.15, 0.2) is 237 Å². The monoisotopic (exact) mass is 1850 g/mol. The first-order valence-electron chi connectivity index (χ1n) is 47.7. The number of amides is 5. The number of nitrogens with two attached hydrogens (primary N) is 10. The number of rotatable bonds is 36. The third-order valence-electron chi connectivity index (χ3n) is 25.1. The number of carbonyl (C=O) groups is 5. The van der Waals surface area contributed by atoms with Gasteiger partial charge in [-0.1, -0.05) is 180 Å². The summed E-state index contributed by atoms with van der Waals surface area (Å²) in [6.45, 7) is 16.1. The number of carbonyl (C=O) groups excluding carboxylic acids is 5. The highest BCUT2D eigenvalue weighted by Crippen LogP contribution is 2.38. The third kappa shape index (κ3) is 29.0. The summed E-state index contributed by atoms with van der Waals surface area (Å²) in [5, 5.41) is 19.6. The molecule has 8 atom stereocenters. The molecule has 3 unspecified atom stereocenters. The summed E-state index contributed by atoms with van der Waals surface area (Å²) >= 11 is 0. The van der Waals surface area contributed by atoms with E-state index in [-0.39, 0.29) is 84.7 Å². The Hall–Kier alpha value is -13.6. The molecule has 30 N–H and O–H groups in total. The fraction of sp³-hybridized carbons (Fsp3) is 0.318. The zero-order valence-electron chi connectivity index (χ0n) is 79.5. The molecule has 0 bridgehead atoms. The van der Waals surface area contributed by atoms with Crippen molar-refractivity contribution in [2.45, 2.75) is 167 Å². The first-order chi connectivity index (χ1) is 66.1. The summed E-state index contributed by atoms with van der Waals surface area (Å²) in [6, 6.07) is 79.6. The van der Waals surface area contributed by atoms with Gasteiger partial charge in [0.1, 0.15) is 28.5 Å². The predicted octanol–water partition coefficient (Wildman–Crippen LogP) is 15.7. The number of aryl methyl sites for hydroxylation is 4. The Labute approximate surface area is 801 Å². The first-order valence-corrected chi connectivity index (χ1v) is 47.7. The van der Waals surface area contributed by atoms with Gasteiger partial charge in [0.15, 0.2) is 11.5 Å². The van der Waals surface area contributed by atoms with Crippen molar-refractivity contribution in [3.05, 3.63) is 287 Å². The molecular formula is C110H136N20O7. The third-order valence-corrected chi connectivity index (χ3v) is 25.1. The average Bonchev–Trinajstić information content (AvgIpc) is 1.68. The average molecular weight is 1850 g/mol. The Morgan fingerprint density at radius 2 is 0.613 bits per heavy atom. The van der Waals surface area contributed by atoms with Crippen LogP contribution in [-0.4, -0.2) is 155 Å². The Kier molecular flexibility index (Phi) is 35.9. The quantitative estimate of drug-likeness (QED) is 0.0173. The van der Waals surface area contributed by atoms with Crippen molar-refractivity contribution in [3.8, 4) is 67.1 Å². The Morgan fingerprint density at radius 3 is 0.985 bits per heavy atom. The van der Waals surface area contributed by atoms with Crippen LogP contribution in [0.1, 0.15) is 166 Å². The fourth-order valence-corrected chi connectivity index (χ4v) is 16.3. The maximum Gasteiger partial charge on any atom is 0.267 e. The number of aromatic amines is 5. The summed E-state index contributed by atoms with van der Waals surface area (Å²) in [6.07, 6.45) is 10.9. The summed E-state index contributed by atoms with van der Waals surface area (Å²) in [7, 11) is 0. The smallest absolute Gasteiger partial charge is 0.267 e. The SMILES string of the molecule is Cc1ccc(-c2ccc3[nH]c(C(=O)NC[C@H](N)CCCN)cc3c2)cc1.Cc1ccc(-c2ccc3cc(C(=O)NC(C)[C@@H](N)CCCN)[nH]c3c2)cc1.Cc1ccc(-c2ccc3cc(C(=O)NC[C@@H](N)CCC(C)N)[nH]c3c2)cc1.Cc1ccc(-c2ccc3cc(C(=O)NC[C@@H](N)CCC(N)C4CC4)[nH]c3c2)cc1.NCCC[C@@H](N)CNC(=O)c1cc2ccc(-c3ccc4c(c3)OCO4)cc2[nH]1. The summed E-state index contributed by atoms with van der Waals surface area (Å²) < 4.78 is 10.8. The highest BCUT2D eigenvalue weighted by Gasteiger charge is 2.29. The maximum atomic E-state index is 12.6. The van der Waals surface area contributed by atoms with E-state index in [0.29, 0.717) is 80.2 Å². The first kappa shape index (κ1) is 101. The molecular weight excluding hydrogens is 1710 g/mol. The number of fused-ring (bicyclic) bond motifs is 6. The van der Waals surface area contributed by atoms with E-state index in [2.05, 4.69) is 225 Å². The van der Waals surface area contributed by atoms with Crippen molar-refractivity contribution in [1.82, 2.24) is 51.5 Å². The van der Waals surface area contributed by atoms with Crippen LogP contribution >= 0.6 is 0 Å². The second-order valence-corrected chi connectivity index (χ2v) is 36.7. The molecule has 27 heteroatoms. The molecule has 1 aliphatic heterocycles. The molecule has 5 amide bonds. The van der Waals surface area contributed by atoms with Crippen LogP contribution in [0.4, 0.5) is 0 Å². The van der Waals surface area contributed by atoms with Gasteiger partial charge in [0, 0.05) is 129 Å². The maximum absolute atomic E-state index is 12.6. The zero-order valence-corrected chi connectivity index (χ0v) is 79.5. The van der Waals surface area contributed by atoms with E-state index in [9.17, 15) is 24.0 Å². The lowest BCUT2D eigenvalue weighted by atomic mass is 10.0. The largest absolute Gasteiger partial charge is 0.454 e. The van der Waals surface area contributed by atoms with Crippen molar-refractivity contribution < 1.29 is 33.4 Å². The number of hydrogen-bond acceptors (Lipinski definition) is 17. The van der Waals surface area contributed by atoms with Gasteiger partial charge in [0.25, 0.3) is 29.5 Å². The minimum absolute atomic E-state index is 0.0683. The standard InChI is InChI=1S/C24H30N4O.2C22H28N4O.C21H24N4O3.C21H26N4O/c1-15-2-4-16(5-3-15)18-8-9-19-13-23(28-22(19)12-18)24(29)27-14-20(25)10-11-21(26)17-6-7-17;1-14-3-6-16(7-4-14)17-8-9-18-12-21(26-20(18)11-17)22(27)25-13-19(24)10-5-15(2)23;1-14-5-7-16(8-6-14)17-9-10-18-13-21(26-20(18)12-17)22(27)25-15(2)19(24)4-3-11-23;22-7-1-2-16(23)11-24-21(26)18-9-15-4-3-13(8-17(15)25-18)14-5-6-19-20(10-14)28-12-27-19;1-14-4-6-15(7-5-14)16-8-9-19-17(11-16)12-20(25-19)21(26)24-13-18(23)3-2-10-22/h2-5,8-9,12-13,17,20-21,28H,6-7,10-11,14,25-26H2,1H3,(H,27,29);3-4,6-9,11-12,15,19,26H,5,10,13,23-24H2,1-2H3,(H,25,27);5-10,12-13,15,19,26H,3-4,11,23-24H2,1-2H3,(H,25,27);3-6,8-10,16,25H,1-2,7,11-12,22-23H2,(H,24,26);4-9,11-12,18,25H,2-3,10,13,22-23H2,1H3,(H,24,26)/t20-,21?;2*15?,19-;16-;18-/m00011/s1. The van der Waals surface area contributed by atoms with E-state index in [0.717, 1.165) is 186 Å². The molecule has 17 rings (SSSR count). The van der Waals surface area contributed by atoms with Crippen molar-refractivity contribution in [2.24, 2.45) is 63.3 Å². The summed E-state index contributed by atoms with van der Waals surface area (Å²) in [4.78, 5) is 78.4. The molecule has 10 aromatic carbocycles. The lowest BCUT2D eigenvalue weighted by Gasteiger charge is -2.20. The van der Waals surface area contributed by atoms with Crippen molar-refractivity contribution in [3.63, 3.8) is 0 Å². The molecule has 718 valence electrons. The molecule has 6 heterocycles. The molecule has 0 spiro atoms. The Morgan fingerprint density at radius 1 is 0.314 bits per heavy atom. The number of benzene rings is 10. The number of hydrogen-bond donors (Lipinski definition) is 20. The highest BCUT2D eigenvalue weighted by atomic mass is 16.7. The van der Waals surface area contributed by atoms with Crippen LogP contribution in [0, 0.1) is 33.6 Å². The van der Waals surface area contributed by atoms with Crippen LogP contribution in [0.5, 0.6) is 11.5 Å². The van der Waals surface area contributed by atoms with Crippen molar-refractivity contribution in [2.75, 3.05) is 52.6 Å². The van der Waals surface area contributed by atoms with Gasteiger partial charge in [-0.2, -0.15) is 0 Å². The number of nitrogens with one attached hydrogen (secondary N) is 10. The second kappa shape index (κ2) is 48.8. The fourth-order valence-electron chi connectivity index (χ4n) is 16.3. The van der Waals surface area contributed by atoms with Crippen LogP contribution in [0.25, 0.3) is 110 Å². The molecule has 137 heavy (non-hydrogen) atoms. The molecule has 15 aromatic rings. The lowest BCUT2D eigenvalue weighted by molar-refractivity contribution is 0.0924. The van der Waals surface area contributed by atoms with E-state index in [1.807, 2.05) is 105 Å². The number of ether oxygens (including phenoxy) is 2. The summed E-state index contributed by atoms with van der Waals surface area (Å²) in [5.41, 5.74) is 82.2. The second-order valence-electron chi connectivity index (χ2n) is 36.7. The van der Waals surface area contributed by atoms with Crippen LogP contribution in [0.3, 0.4) is 0 Å². The zero-order chi connectivity index (χ0) is 97.2. The lowest BCUT2D eigenvalue weighted by Crippen LogP contribution is -2.45. The predicted molar refractivity (Wildman–Crippen MR) is 558 cm³/mol. The van der Waals surface area contributed by atoms with Crippen LogP contribution < -0.4 is 93.4 Å². The van der Waals surface area contributed by atoms with E-state index >= 15 is 0 Å². The van der Waals surface area contributed by atoms with Gasteiger partial charge in [-0.05, 0) is 279 Å². The van der Waals surface area contributed by atoms with Gasteiger partial charge in [0.2, 0.25) is 6.79 Å². The molecule has 2 aliphatic rings. The van der Waals surface area contributed by atoms with Gasteiger partial charge in [-0.3, -0.25) is 24.0 Å². The topological polar surface area (TPSA) is 503 Å².